The molecule has 0 bridgehead atoms. The van der Waals surface area contributed by atoms with Crippen LogP contribution in [0.25, 0.3) is 0 Å². The fraction of sp³-hybridized carbons (Fsp3) is 0.944. The molecule has 2 atom stereocenters. The molecular formula is C72H141NO5. The molecule has 464 valence electrons. The quantitative estimate of drug-likeness (QED) is 0.0320. The highest BCUT2D eigenvalue weighted by molar-refractivity contribution is 5.76. The first-order valence-electron chi connectivity index (χ1n) is 36.0. The Hall–Kier alpha value is -1.40. The van der Waals surface area contributed by atoms with E-state index in [1.54, 1.807) is 6.08 Å². The van der Waals surface area contributed by atoms with Crippen LogP contribution in [0, 0.1) is 0 Å². The first-order valence-corrected chi connectivity index (χ1v) is 36.0. The third kappa shape index (κ3) is 63.8. The smallest absolute Gasteiger partial charge is 0.305 e. The summed E-state index contributed by atoms with van der Waals surface area (Å²) in [4.78, 5) is 24.6. The van der Waals surface area contributed by atoms with E-state index < -0.39 is 12.1 Å². The van der Waals surface area contributed by atoms with Gasteiger partial charge in [0.25, 0.3) is 0 Å². The van der Waals surface area contributed by atoms with Crippen molar-refractivity contribution in [2.24, 2.45) is 0 Å². The molecule has 0 saturated carbocycles. The van der Waals surface area contributed by atoms with Crippen molar-refractivity contribution in [1.29, 1.82) is 0 Å². The van der Waals surface area contributed by atoms with E-state index in [1.807, 2.05) is 6.08 Å². The van der Waals surface area contributed by atoms with Gasteiger partial charge in [0.1, 0.15) is 0 Å². The zero-order chi connectivity index (χ0) is 56.4. The Labute approximate surface area is 489 Å². The van der Waals surface area contributed by atoms with Crippen LogP contribution in [0.3, 0.4) is 0 Å². The zero-order valence-electron chi connectivity index (χ0n) is 53.2. The van der Waals surface area contributed by atoms with Crippen molar-refractivity contribution in [3.63, 3.8) is 0 Å². The Bertz CT molecular complexity index is 1180. The summed E-state index contributed by atoms with van der Waals surface area (Å²) in [6, 6.07) is -0.629. The summed E-state index contributed by atoms with van der Waals surface area (Å²) in [6.45, 7) is 4.95. The summed E-state index contributed by atoms with van der Waals surface area (Å²) in [5.74, 6) is -0.0479. The van der Waals surface area contributed by atoms with Crippen molar-refractivity contribution in [2.45, 2.75) is 424 Å². The van der Waals surface area contributed by atoms with Crippen LogP contribution in [0.5, 0.6) is 0 Å². The van der Waals surface area contributed by atoms with E-state index in [9.17, 15) is 19.8 Å². The van der Waals surface area contributed by atoms with Crippen LogP contribution in [0.1, 0.15) is 412 Å². The van der Waals surface area contributed by atoms with Gasteiger partial charge in [0.05, 0.1) is 25.4 Å². The Kier molecular flexibility index (Phi) is 66.9. The number of ether oxygens (including phenoxy) is 1. The number of aliphatic hydroxyl groups excluding tert-OH is 2. The van der Waals surface area contributed by atoms with Crippen LogP contribution in [0.2, 0.25) is 0 Å². The maximum absolute atomic E-state index is 12.5. The SMILES string of the molecule is CCCCCCCCCCCCCCCCCCCCCCCCC/C=C/C(O)C(CO)NC(=O)CCCCCCCCCCCCCCCCCCCCCCCOC(=O)CCCCCCCCCCCCCCCCC. The number of hydrogen-bond acceptors (Lipinski definition) is 5. The number of rotatable bonds is 68. The van der Waals surface area contributed by atoms with Gasteiger partial charge in [-0.3, -0.25) is 9.59 Å². The van der Waals surface area contributed by atoms with Gasteiger partial charge in [-0.1, -0.05) is 379 Å². The molecule has 0 heterocycles. The third-order valence-corrected chi connectivity index (χ3v) is 17.1. The molecule has 0 aliphatic carbocycles. The maximum atomic E-state index is 12.5. The average Bonchev–Trinajstić information content (AvgIpc) is 3.44. The molecule has 0 fully saturated rings. The number of aliphatic hydroxyl groups is 2. The monoisotopic (exact) mass is 1100 g/mol. The van der Waals surface area contributed by atoms with Crippen molar-refractivity contribution in [2.75, 3.05) is 13.2 Å². The lowest BCUT2D eigenvalue weighted by Crippen LogP contribution is -2.45. The van der Waals surface area contributed by atoms with E-state index in [1.165, 1.54) is 347 Å². The molecule has 0 saturated heterocycles. The van der Waals surface area contributed by atoms with Gasteiger partial charge in [-0.15, -0.1) is 0 Å². The van der Waals surface area contributed by atoms with E-state index in [0.717, 1.165) is 38.5 Å². The Balaban J connectivity index is 3.40. The first-order chi connectivity index (χ1) is 38.5. The summed E-state index contributed by atoms with van der Waals surface area (Å²) in [6.07, 6.45) is 84.3. The molecule has 0 spiro atoms. The number of carbonyl (C=O) groups excluding carboxylic acids is 2. The van der Waals surface area contributed by atoms with Crippen molar-refractivity contribution in [1.82, 2.24) is 5.32 Å². The van der Waals surface area contributed by atoms with E-state index in [4.69, 9.17) is 4.74 Å². The second-order valence-corrected chi connectivity index (χ2v) is 24.9. The second kappa shape index (κ2) is 68.1. The van der Waals surface area contributed by atoms with Crippen LogP contribution in [-0.4, -0.2) is 47.4 Å². The molecule has 6 nitrogen and oxygen atoms in total. The summed E-state index contributed by atoms with van der Waals surface area (Å²) in [7, 11) is 0. The molecule has 0 aliphatic heterocycles. The van der Waals surface area contributed by atoms with Crippen LogP contribution in [0.4, 0.5) is 0 Å². The Morgan fingerprint density at radius 2 is 0.590 bits per heavy atom. The highest BCUT2D eigenvalue weighted by Gasteiger charge is 2.18. The minimum absolute atomic E-state index is 0.0156. The van der Waals surface area contributed by atoms with Gasteiger partial charge in [-0.2, -0.15) is 0 Å². The van der Waals surface area contributed by atoms with Crippen molar-refractivity contribution < 1.29 is 24.5 Å². The van der Waals surface area contributed by atoms with Gasteiger partial charge in [0, 0.05) is 12.8 Å². The summed E-state index contributed by atoms with van der Waals surface area (Å²) >= 11 is 0. The van der Waals surface area contributed by atoms with E-state index in [-0.39, 0.29) is 18.5 Å². The van der Waals surface area contributed by atoms with Gasteiger partial charge in [-0.05, 0) is 32.1 Å². The number of hydrogen-bond donors (Lipinski definition) is 3. The number of allylic oxidation sites excluding steroid dienone is 1. The van der Waals surface area contributed by atoms with Gasteiger partial charge in [0.2, 0.25) is 5.91 Å². The lowest BCUT2D eigenvalue weighted by molar-refractivity contribution is -0.143. The van der Waals surface area contributed by atoms with Crippen LogP contribution in [-0.2, 0) is 14.3 Å². The maximum Gasteiger partial charge on any atom is 0.305 e. The predicted molar refractivity (Wildman–Crippen MR) is 343 cm³/mol. The molecule has 0 rings (SSSR count). The first kappa shape index (κ1) is 76.6. The molecule has 78 heavy (non-hydrogen) atoms. The molecule has 0 aromatic carbocycles. The molecule has 0 aliphatic rings. The van der Waals surface area contributed by atoms with Crippen LogP contribution < -0.4 is 5.32 Å². The average molecular weight is 1100 g/mol. The Morgan fingerprint density at radius 1 is 0.346 bits per heavy atom. The third-order valence-electron chi connectivity index (χ3n) is 17.1. The lowest BCUT2D eigenvalue weighted by atomic mass is 10.0. The molecule has 1 amide bonds. The molecule has 2 unspecified atom stereocenters. The van der Waals surface area contributed by atoms with E-state index in [2.05, 4.69) is 19.2 Å². The number of carbonyl (C=O) groups is 2. The van der Waals surface area contributed by atoms with Crippen molar-refractivity contribution in [3.8, 4) is 0 Å². The standard InChI is InChI=1S/C72H141NO5/c1-3-5-7-9-11-13-15-17-19-20-21-22-23-24-25-27-30-33-37-40-44-48-52-56-60-64-70(75)69(68-74)73-71(76)65-61-57-53-49-45-41-38-34-31-28-26-29-32-35-39-43-47-51-55-59-63-67-78-72(77)66-62-58-54-50-46-42-36-18-16-14-12-10-8-6-4-2/h60,64,69-70,74-75H,3-59,61-63,65-68H2,1-2H3,(H,73,76)/b64-60+. The normalized spacial score (nSPS) is 12.5. The van der Waals surface area contributed by atoms with Gasteiger partial charge >= 0.3 is 5.97 Å². The van der Waals surface area contributed by atoms with Crippen LogP contribution >= 0.6 is 0 Å². The molecular weight excluding hydrogens is 959 g/mol. The van der Waals surface area contributed by atoms with Gasteiger partial charge < -0.3 is 20.3 Å². The summed E-state index contributed by atoms with van der Waals surface area (Å²) in [5.41, 5.74) is 0. The summed E-state index contributed by atoms with van der Waals surface area (Å²) in [5, 5.41) is 23.3. The second-order valence-electron chi connectivity index (χ2n) is 24.9. The number of nitrogens with one attached hydrogen (secondary N) is 1. The van der Waals surface area contributed by atoms with Crippen molar-refractivity contribution >= 4 is 11.9 Å². The molecule has 0 aromatic heterocycles. The van der Waals surface area contributed by atoms with Gasteiger partial charge in [-0.25, -0.2) is 0 Å². The Morgan fingerprint density at radius 3 is 0.872 bits per heavy atom. The van der Waals surface area contributed by atoms with E-state index in [0.29, 0.717) is 19.4 Å². The number of unbranched alkanes of at least 4 members (excludes halogenated alkanes) is 57. The van der Waals surface area contributed by atoms with E-state index >= 15 is 0 Å². The molecule has 6 heteroatoms. The number of amides is 1. The predicted octanol–water partition coefficient (Wildman–Crippen LogP) is 23.1. The summed E-state index contributed by atoms with van der Waals surface area (Å²) < 4.78 is 5.50. The fourth-order valence-electron chi connectivity index (χ4n) is 11.6. The molecule has 3 N–H and O–H groups in total. The molecule has 0 radical (unpaired) electrons. The zero-order valence-corrected chi connectivity index (χ0v) is 53.2. The highest BCUT2D eigenvalue weighted by Crippen LogP contribution is 2.19. The number of esters is 1. The van der Waals surface area contributed by atoms with Crippen molar-refractivity contribution in [3.05, 3.63) is 12.2 Å². The van der Waals surface area contributed by atoms with Crippen LogP contribution in [0.15, 0.2) is 12.2 Å². The lowest BCUT2D eigenvalue weighted by Gasteiger charge is -2.20. The molecule has 0 aromatic rings. The minimum atomic E-state index is -0.846. The minimum Gasteiger partial charge on any atom is -0.466 e. The van der Waals surface area contributed by atoms with Gasteiger partial charge in [0.15, 0.2) is 0 Å². The largest absolute Gasteiger partial charge is 0.466 e. The fourth-order valence-corrected chi connectivity index (χ4v) is 11.6. The highest BCUT2D eigenvalue weighted by atomic mass is 16.5. The topological polar surface area (TPSA) is 95.9 Å².